The topological polar surface area (TPSA) is 48.4 Å². The van der Waals surface area contributed by atoms with Gasteiger partial charge >= 0.3 is 0 Å². The molecule has 0 spiro atoms. The van der Waals surface area contributed by atoms with E-state index in [-0.39, 0.29) is 0 Å². The van der Waals surface area contributed by atoms with Crippen LogP contribution in [-0.4, -0.2) is 25.5 Å². The molecule has 1 rings (SSSR count). The van der Waals surface area contributed by atoms with Gasteiger partial charge in [0.1, 0.15) is 6.29 Å². The second-order valence-electron chi connectivity index (χ2n) is 2.76. The molecule has 0 radical (unpaired) electrons. The highest BCUT2D eigenvalue weighted by atomic mass is 16.5. The number of methoxy groups -OCH3 is 2. The van der Waals surface area contributed by atoms with Gasteiger partial charge in [-0.3, -0.25) is 0 Å². The van der Waals surface area contributed by atoms with Crippen LogP contribution >= 0.6 is 0 Å². The number of nitrogens with zero attached hydrogens (tertiary/aromatic N) is 1. The third kappa shape index (κ3) is 3.09. The smallest absolute Gasteiger partial charge is 0.223 e. The number of pyridine rings is 1. The Bertz CT molecular complexity index is 361. The first-order valence-corrected chi connectivity index (χ1v) is 4.51. The molecule has 0 aliphatic rings. The molecule has 15 heavy (non-hydrogen) atoms. The lowest BCUT2D eigenvalue weighted by molar-refractivity contribution is -0.107. The number of hydrogen-bond acceptors (Lipinski definition) is 4. The van der Waals surface area contributed by atoms with Gasteiger partial charge in [0, 0.05) is 18.1 Å². The molecule has 0 amide bonds. The summed E-state index contributed by atoms with van der Waals surface area (Å²) >= 11 is 0. The van der Waals surface area contributed by atoms with Crippen LogP contribution in [0, 0.1) is 0 Å². The Hall–Kier alpha value is -1.84. The van der Waals surface area contributed by atoms with Crippen molar-refractivity contribution in [1.82, 2.24) is 4.98 Å². The lowest BCUT2D eigenvalue weighted by atomic mass is 10.2. The van der Waals surface area contributed by atoms with Crippen LogP contribution in [0.4, 0.5) is 0 Å². The molecule has 0 bridgehead atoms. The molecule has 1 heterocycles. The highest BCUT2D eigenvalue weighted by Gasteiger charge is 2.02. The lowest BCUT2D eigenvalue weighted by Crippen LogP contribution is -1.94. The molecule has 0 unspecified atom stereocenters. The van der Waals surface area contributed by atoms with E-state index in [2.05, 4.69) is 4.98 Å². The summed E-state index contributed by atoms with van der Waals surface area (Å²) in [6.07, 6.45) is 4.76. The van der Waals surface area contributed by atoms with Crippen molar-refractivity contribution in [1.29, 1.82) is 0 Å². The van der Waals surface area contributed by atoms with Crippen LogP contribution in [-0.2, 0) is 4.79 Å². The monoisotopic (exact) mass is 207 g/mol. The summed E-state index contributed by atoms with van der Waals surface area (Å²) in [5.74, 6) is 0.982. The number of aldehydes is 1. The average molecular weight is 207 g/mol. The zero-order valence-corrected chi connectivity index (χ0v) is 8.77. The van der Waals surface area contributed by atoms with E-state index >= 15 is 0 Å². The summed E-state index contributed by atoms with van der Waals surface area (Å²) in [6, 6.07) is 3.56. The van der Waals surface area contributed by atoms with Crippen molar-refractivity contribution in [3.05, 3.63) is 23.8 Å². The van der Waals surface area contributed by atoms with Crippen LogP contribution in [0.25, 0.3) is 6.08 Å². The lowest BCUT2D eigenvalue weighted by Gasteiger charge is -2.05. The molecule has 0 aliphatic carbocycles. The predicted octanol–water partition coefficient (Wildman–Crippen LogP) is 1.70. The maximum atomic E-state index is 10.1. The Kier molecular flexibility index (Phi) is 4.34. The molecule has 1 aromatic rings. The van der Waals surface area contributed by atoms with E-state index in [0.29, 0.717) is 18.2 Å². The third-order valence-electron chi connectivity index (χ3n) is 1.80. The van der Waals surface area contributed by atoms with Gasteiger partial charge in [0.2, 0.25) is 11.8 Å². The van der Waals surface area contributed by atoms with E-state index in [4.69, 9.17) is 9.47 Å². The number of rotatable bonds is 5. The van der Waals surface area contributed by atoms with Gasteiger partial charge in [-0.25, -0.2) is 0 Å². The van der Waals surface area contributed by atoms with E-state index in [1.165, 1.54) is 0 Å². The van der Waals surface area contributed by atoms with Gasteiger partial charge < -0.3 is 14.3 Å². The number of carbonyl (C=O) groups excluding carboxylic acids is 1. The zero-order valence-electron chi connectivity index (χ0n) is 8.77. The molecule has 0 aromatic carbocycles. The molecule has 4 nitrogen and oxygen atoms in total. The van der Waals surface area contributed by atoms with E-state index < -0.39 is 0 Å². The summed E-state index contributed by atoms with van der Waals surface area (Å²) in [5.41, 5.74) is 0.820. The summed E-state index contributed by atoms with van der Waals surface area (Å²) in [4.78, 5) is 14.2. The van der Waals surface area contributed by atoms with E-state index in [1.807, 2.05) is 6.07 Å². The van der Waals surface area contributed by atoms with Gasteiger partial charge in [-0.15, -0.1) is 0 Å². The molecule has 0 atom stereocenters. The molecular formula is C11H13NO3. The molecule has 0 fully saturated rings. The van der Waals surface area contributed by atoms with Crippen molar-refractivity contribution in [3.63, 3.8) is 0 Å². The first kappa shape index (κ1) is 11.2. The first-order valence-electron chi connectivity index (χ1n) is 4.51. The van der Waals surface area contributed by atoms with Gasteiger partial charge in [-0.2, -0.15) is 4.98 Å². The maximum absolute atomic E-state index is 10.1. The fourth-order valence-corrected chi connectivity index (χ4v) is 1.09. The van der Waals surface area contributed by atoms with Gasteiger partial charge in [0.05, 0.1) is 14.2 Å². The molecule has 0 aliphatic heterocycles. The van der Waals surface area contributed by atoms with E-state index in [1.54, 1.807) is 32.4 Å². The molecule has 4 heteroatoms. The Morgan fingerprint density at radius 1 is 1.33 bits per heavy atom. The molecule has 80 valence electrons. The molecule has 0 saturated carbocycles. The Morgan fingerprint density at radius 2 is 2.13 bits per heavy atom. The third-order valence-corrected chi connectivity index (χ3v) is 1.80. The van der Waals surface area contributed by atoms with Crippen LogP contribution in [0.2, 0.25) is 0 Å². The summed E-state index contributed by atoms with van der Waals surface area (Å²) < 4.78 is 10.1. The standard InChI is InChI=1S/C11H13NO3/c1-14-10-7-6-9(5-3-4-8-13)11(12-10)15-2/h3,5-8H,4H2,1-2H3. The molecule has 0 N–H and O–H groups in total. The van der Waals surface area contributed by atoms with Gasteiger partial charge in [0.25, 0.3) is 0 Å². The van der Waals surface area contributed by atoms with Crippen molar-refractivity contribution < 1.29 is 14.3 Å². The normalized spacial score (nSPS) is 10.3. The maximum Gasteiger partial charge on any atom is 0.223 e. The number of carbonyl (C=O) groups is 1. The Balaban J connectivity index is 2.91. The summed E-state index contributed by atoms with van der Waals surface area (Å²) in [6.45, 7) is 0. The highest BCUT2D eigenvalue weighted by molar-refractivity contribution is 5.60. The highest BCUT2D eigenvalue weighted by Crippen LogP contribution is 2.20. The number of hydrogen-bond donors (Lipinski definition) is 0. The Morgan fingerprint density at radius 3 is 2.73 bits per heavy atom. The summed E-state index contributed by atoms with van der Waals surface area (Å²) in [5, 5.41) is 0. The van der Waals surface area contributed by atoms with Crippen molar-refractivity contribution in [2.75, 3.05) is 14.2 Å². The van der Waals surface area contributed by atoms with Crippen LogP contribution < -0.4 is 9.47 Å². The van der Waals surface area contributed by atoms with Crippen molar-refractivity contribution in [2.24, 2.45) is 0 Å². The van der Waals surface area contributed by atoms with Crippen LogP contribution in [0.3, 0.4) is 0 Å². The molecule has 0 saturated heterocycles. The van der Waals surface area contributed by atoms with Crippen LogP contribution in [0.1, 0.15) is 12.0 Å². The fraction of sp³-hybridized carbons (Fsp3) is 0.273. The van der Waals surface area contributed by atoms with Crippen molar-refractivity contribution in [2.45, 2.75) is 6.42 Å². The van der Waals surface area contributed by atoms with Gasteiger partial charge in [-0.05, 0) is 6.07 Å². The minimum absolute atomic E-state index is 0.384. The fourth-order valence-electron chi connectivity index (χ4n) is 1.09. The minimum Gasteiger partial charge on any atom is -0.481 e. The molecule has 1 aromatic heterocycles. The SMILES string of the molecule is COc1ccc(C=CCC=O)c(OC)n1. The Labute approximate surface area is 88.5 Å². The van der Waals surface area contributed by atoms with Crippen molar-refractivity contribution in [3.8, 4) is 11.8 Å². The predicted molar refractivity (Wildman–Crippen MR) is 57.1 cm³/mol. The molecular weight excluding hydrogens is 194 g/mol. The van der Waals surface area contributed by atoms with Crippen molar-refractivity contribution >= 4 is 12.4 Å². The zero-order chi connectivity index (χ0) is 11.1. The van der Waals surface area contributed by atoms with Gasteiger partial charge in [0.15, 0.2) is 0 Å². The largest absolute Gasteiger partial charge is 0.481 e. The second kappa shape index (κ2) is 5.80. The minimum atomic E-state index is 0.384. The number of ether oxygens (including phenoxy) is 2. The van der Waals surface area contributed by atoms with E-state index in [0.717, 1.165) is 11.8 Å². The van der Waals surface area contributed by atoms with Gasteiger partial charge in [-0.1, -0.05) is 12.2 Å². The summed E-state index contributed by atoms with van der Waals surface area (Å²) in [7, 11) is 3.09. The number of allylic oxidation sites excluding steroid dienone is 1. The van der Waals surface area contributed by atoms with Crippen LogP contribution in [0.15, 0.2) is 18.2 Å². The first-order chi connectivity index (χ1) is 7.31. The van der Waals surface area contributed by atoms with Crippen LogP contribution in [0.5, 0.6) is 11.8 Å². The number of aromatic nitrogens is 1. The average Bonchev–Trinajstić information content (AvgIpc) is 2.29. The quantitative estimate of drug-likeness (QED) is 0.689. The second-order valence-corrected chi connectivity index (χ2v) is 2.76. The van der Waals surface area contributed by atoms with E-state index in [9.17, 15) is 4.79 Å².